The third-order valence-electron chi connectivity index (χ3n) is 4.87. The van der Waals surface area contributed by atoms with Gasteiger partial charge in [-0.25, -0.2) is 4.98 Å². The number of carbonyl (C=O) groups is 2. The van der Waals surface area contributed by atoms with Crippen LogP contribution in [0.25, 0.3) is 11.3 Å². The van der Waals surface area contributed by atoms with Crippen molar-refractivity contribution in [2.24, 2.45) is 0 Å². The molecule has 8 nitrogen and oxygen atoms in total. The maximum absolute atomic E-state index is 12.7. The molecule has 0 spiro atoms. The molecule has 0 fully saturated rings. The van der Waals surface area contributed by atoms with Gasteiger partial charge in [-0.15, -0.1) is 11.3 Å². The van der Waals surface area contributed by atoms with Crippen LogP contribution in [0.15, 0.2) is 47.8 Å². The fraction of sp³-hybridized carbons (Fsp3) is 0.261. The zero-order chi connectivity index (χ0) is 22.5. The number of aromatic nitrogens is 1. The SMILES string of the molecule is COc1ccc([C@@H](CC(=O)Nc2nc(-c3ccc4c(c3)OCCO4)cs2)NC(C)=O)cc1. The van der Waals surface area contributed by atoms with Gasteiger partial charge < -0.3 is 24.8 Å². The molecular weight excluding hydrogens is 430 g/mol. The van der Waals surface area contributed by atoms with Gasteiger partial charge >= 0.3 is 0 Å². The second-order valence-corrected chi connectivity index (χ2v) is 8.03. The summed E-state index contributed by atoms with van der Waals surface area (Å²) in [6.45, 7) is 2.47. The van der Waals surface area contributed by atoms with Crippen LogP contribution in [0, 0.1) is 0 Å². The molecular formula is C23H23N3O5S. The Morgan fingerprint density at radius 1 is 1.12 bits per heavy atom. The molecule has 0 saturated heterocycles. The summed E-state index contributed by atoms with van der Waals surface area (Å²) in [4.78, 5) is 28.9. The number of ether oxygens (including phenoxy) is 3. The second kappa shape index (κ2) is 9.69. The molecule has 2 aromatic carbocycles. The number of hydrogen-bond donors (Lipinski definition) is 2. The summed E-state index contributed by atoms with van der Waals surface area (Å²) in [6, 6.07) is 12.4. The van der Waals surface area contributed by atoms with Crippen molar-refractivity contribution in [2.75, 3.05) is 25.6 Å². The van der Waals surface area contributed by atoms with E-state index < -0.39 is 6.04 Å². The number of fused-ring (bicyclic) bond motifs is 1. The van der Waals surface area contributed by atoms with Crippen LogP contribution in [0.2, 0.25) is 0 Å². The van der Waals surface area contributed by atoms with E-state index in [1.807, 2.05) is 35.7 Å². The lowest BCUT2D eigenvalue weighted by Gasteiger charge is -2.18. The number of nitrogens with zero attached hydrogens (tertiary/aromatic N) is 1. The molecule has 9 heteroatoms. The summed E-state index contributed by atoms with van der Waals surface area (Å²) in [7, 11) is 1.58. The molecule has 0 saturated carbocycles. The maximum atomic E-state index is 12.7. The highest BCUT2D eigenvalue weighted by Crippen LogP contribution is 2.35. The molecule has 1 aliphatic rings. The van der Waals surface area contributed by atoms with Gasteiger partial charge in [0.15, 0.2) is 16.6 Å². The molecule has 32 heavy (non-hydrogen) atoms. The van der Waals surface area contributed by atoms with Crippen LogP contribution >= 0.6 is 11.3 Å². The molecule has 1 aliphatic heterocycles. The molecule has 3 aromatic rings. The van der Waals surface area contributed by atoms with Crippen LogP contribution in [-0.4, -0.2) is 37.1 Å². The van der Waals surface area contributed by atoms with Gasteiger partial charge in [-0.2, -0.15) is 0 Å². The standard InChI is InChI=1S/C23H23N3O5S/c1-14(27)24-18(15-3-6-17(29-2)7-4-15)12-22(28)26-23-25-19(13-32-23)16-5-8-20-21(11-16)31-10-9-30-20/h3-8,11,13,18H,9-10,12H2,1-2H3,(H,24,27)(H,25,26,28)/t18-/m1/s1. The van der Waals surface area contributed by atoms with Gasteiger partial charge in [0.2, 0.25) is 11.8 Å². The number of nitrogens with one attached hydrogen (secondary N) is 2. The molecule has 1 atom stereocenters. The lowest BCUT2D eigenvalue weighted by Crippen LogP contribution is -2.29. The Morgan fingerprint density at radius 2 is 1.88 bits per heavy atom. The summed E-state index contributed by atoms with van der Waals surface area (Å²) in [5.41, 5.74) is 2.42. The Balaban J connectivity index is 1.43. The van der Waals surface area contributed by atoms with E-state index in [4.69, 9.17) is 14.2 Å². The van der Waals surface area contributed by atoms with Crippen LogP contribution in [0.3, 0.4) is 0 Å². The summed E-state index contributed by atoms with van der Waals surface area (Å²) in [5.74, 6) is 1.64. The Hall–Kier alpha value is -3.59. The minimum Gasteiger partial charge on any atom is -0.497 e. The molecule has 0 radical (unpaired) electrons. The maximum Gasteiger partial charge on any atom is 0.228 e. The first kappa shape index (κ1) is 21.6. The fourth-order valence-electron chi connectivity index (χ4n) is 3.36. The normalized spacial score (nSPS) is 13.2. The van der Waals surface area contributed by atoms with E-state index in [0.29, 0.717) is 35.6 Å². The molecule has 2 heterocycles. The highest BCUT2D eigenvalue weighted by atomic mass is 32.1. The lowest BCUT2D eigenvalue weighted by atomic mass is 10.0. The van der Waals surface area contributed by atoms with Crippen molar-refractivity contribution in [3.8, 4) is 28.5 Å². The first-order valence-corrected chi connectivity index (χ1v) is 11.0. The van der Waals surface area contributed by atoms with Crippen molar-refractivity contribution in [1.29, 1.82) is 0 Å². The fourth-order valence-corrected chi connectivity index (χ4v) is 4.09. The number of hydrogen-bond acceptors (Lipinski definition) is 7. The largest absolute Gasteiger partial charge is 0.497 e. The minimum atomic E-state index is -0.462. The van der Waals surface area contributed by atoms with Gasteiger partial charge in [0.25, 0.3) is 0 Å². The molecule has 1 aromatic heterocycles. The van der Waals surface area contributed by atoms with Gasteiger partial charge in [0.05, 0.1) is 25.3 Å². The predicted molar refractivity (Wildman–Crippen MR) is 121 cm³/mol. The average Bonchev–Trinajstić information content (AvgIpc) is 3.26. The molecule has 0 bridgehead atoms. The van der Waals surface area contributed by atoms with Crippen LogP contribution in [-0.2, 0) is 9.59 Å². The average molecular weight is 454 g/mol. The van der Waals surface area contributed by atoms with E-state index >= 15 is 0 Å². The first-order chi connectivity index (χ1) is 15.5. The van der Waals surface area contributed by atoms with Crippen molar-refractivity contribution in [1.82, 2.24) is 10.3 Å². The van der Waals surface area contributed by atoms with Gasteiger partial charge in [-0.1, -0.05) is 12.1 Å². The van der Waals surface area contributed by atoms with E-state index in [2.05, 4.69) is 15.6 Å². The molecule has 4 rings (SSSR count). The second-order valence-electron chi connectivity index (χ2n) is 7.17. The highest BCUT2D eigenvalue weighted by molar-refractivity contribution is 7.14. The van der Waals surface area contributed by atoms with E-state index in [1.165, 1.54) is 18.3 Å². The number of methoxy groups -OCH3 is 1. The molecule has 0 unspecified atom stereocenters. The Bertz CT molecular complexity index is 1110. The van der Waals surface area contributed by atoms with Crippen LogP contribution in [0.5, 0.6) is 17.2 Å². The molecule has 2 amide bonds. The van der Waals surface area contributed by atoms with E-state index in [9.17, 15) is 9.59 Å². The van der Waals surface area contributed by atoms with Crippen LogP contribution in [0.1, 0.15) is 24.9 Å². The van der Waals surface area contributed by atoms with Crippen molar-refractivity contribution >= 4 is 28.3 Å². The monoisotopic (exact) mass is 453 g/mol. The number of anilines is 1. The zero-order valence-corrected chi connectivity index (χ0v) is 18.5. The van der Waals surface area contributed by atoms with Crippen LogP contribution < -0.4 is 24.8 Å². The van der Waals surface area contributed by atoms with Gasteiger partial charge in [-0.05, 0) is 35.9 Å². The topological polar surface area (TPSA) is 98.8 Å². The van der Waals surface area contributed by atoms with Crippen molar-refractivity contribution in [3.05, 3.63) is 53.4 Å². The summed E-state index contributed by atoms with van der Waals surface area (Å²) in [5, 5.41) is 8.01. The predicted octanol–water partition coefficient (Wildman–Crippen LogP) is 3.80. The quantitative estimate of drug-likeness (QED) is 0.565. The first-order valence-electron chi connectivity index (χ1n) is 10.1. The number of thiazole rings is 1. The van der Waals surface area contributed by atoms with E-state index in [-0.39, 0.29) is 18.2 Å². The Morgan fingerprint density at radius 3 is 2.59 bits per heavy atom. The van der Waals surface area contributed by atoms with Gasteiger partial charge in [0.1, 0.15) is 19.0 Å². The molecule has 2 N–H and O–H groups in total. The van der Waals surface area contributed by atoms with Gasteiger partial charge in [0, 0.05) is 17.9 Å². The molecule has 0 aliphatic carbocycles. The Kier molecular flexibility index (Phi) is 6.55. The summed E-state index contributed by atoms with van der Waals surface area (Å²) in [6.07, 6.45) is 0.0743. The summed E-state index contributed by atoms with van der Waals surface area (Å²) < 4.78 is 16.3. The third kappa shape index (κ3) is 5.17. The van der Waals surface area contributed by atoms with Crippen LogP contribution in [0.4, 0.5) is 5.13 Å². The zero-order valence-electron chi connectivity index (χ0n) is 17.7. The number of benzene rings is 2. The van der Waals surface area contributed by atoms with Gasteiger partial charge in [-0.3, -0.25) is 9.59 Å². The third-order valence-corrected chi connectivity index (χ3v) is 5.63. The lowest BCUT2D eigenvalue weighted by molar-refractivity contribution is -0.120. The minimum absolute atomic E-state index is 0.0743. The molecule has 166 valence electrons. The smallest absolute Gasteiger partial charge is 0.228 e. The highest BCUT2D eigenvalue weighted by Gasteiger charge is 2.19. The van der Waals surface area contributed by atoms with Crippen molar-refractivity contribution in [3.63, 3.8) is 0 Å². The van der Waals surface area contributed by atoms with E-state index in [0.717, 1.165) is 16.8 Å². The summed E-state index contributed by atoms with van der Waals surface area (Å²) >= 11 is 1.33. The van der Waals surface area contributed by atoms with E-state index in [1.54, 1.807) is 19.2 Å². The number of rotatable bonds is 7. The number of carbonyl (C=O) groups excluding carboxylic acids is 2. The van der Waals surface area contributed by atoms with Crippen molar-refractivity contribution < 1.29 is 23.8 Å². The van der Waals surface area contributed by atoms with Crippen molar-refractivity contribution in [2.45, 2.75) is 19.4 Å². The number of amides is 2. The Labute approximate surface area is 189 Å².